The first-order chi connectivity index (χ1) is 8.02. The Morgan fingerprint density at radius 2 is 1.72 bits per heavy atom. The van der Waals surface area contributed by atoms with Gasteiger partial charge in [-0.3, -0.25) is 0 Å². The first-order valence-electron chi connectivity index (χ1n) is 5.31. The van der Waals surface area contributed by atoms with Gasteiger partial charge in [0.15, 0.2) is 9.84 Å². The van der Waals surface area contributed by atoms with Crippen LogP contribution in [0.25, 0.3) is 0 Å². The fraction of sp³-hybridized carbons (Fsp3) is 1.00. The van der Waals surface area contributed by atoms with Crippen molar-refractivity contribution in [2.24, 2.45) is 0 Å². The van der Waals surface area contributed by atoms with E-state index in [0.29, 0.717) is 0 Å². The molecule has 2 unspecified atom stereocenters. The minimum absolute atomic E-state index is 0.171. The summed E-state index contributed by atoms with van der Waals surface area (Å²) in [7, 11) is -3.57. The minimum atomic E-state index is -3.57. The van der Waals surface area contributed by atoms with Crippen molar-refractivity contribution in [3.8, 4) is 0 Å². The smallest absolute Gasteiger partial charge is 0.153 e. The van der Waals surface area contributed by atoms with Crippen LogP contribution in [0.5, 0.6) is 0 Å². The summed E-state index contributed by atoms with van der Waals surface area (Å²) in [6.07, 6.45) is -2.80. The zero-order valence-corrected chi connectivity index (χ0v) is 12.6. The van der Waals surface area contributed by atoms with Crippen molar-refractivity contribution >= 4 is 33.4 Å². The van der Waals surface area contributed by atoms with Gasteiger partial charge in [0, 0.05) is 5.54 Å². The average Bonchev–Trinajstić information content (AvgIpc) is 2.24. The Labute approximate surface area is 117 Å². The molecule has 18 heavy (non-hydrogen) atoms. The minimum Gasteiger partial charge on any atom is -0.394 e. The maximum absolute atomic E-state index is 11.7. The van der Waals surface area contributed by atoms with Crippen molar-refractivity contribution in [2.45, 2.75) is 38.0 Å². The largest absolute Gasteiger partial charge is 0.394 e. The molecule has 0 rings (SSSR count). The summed E-state index contributed by atoms with van der Waals surface area (Å²) in [5.41, 5.74) is -0.725. The van der Waals surface area contributed by atoms with Gasteiger partial charge in [-0.25, -0.2) is 8.42 Å². The van der Waals surface area contributed by atoms with Crippen LogP contribution in [-0.4, -0.2) is 63.5 Å². The van der Waals surface area contributed by atoms with Crippen molar-refractivity contribution in [1.82, 2.24) is 3.94 Å². The highest BCUT2D eigenvalue weighted by molar-refractivity contribution is 7.91. The molecule has 0 bridgehead atoms. The molecule has 2 atom stereocenters. The topological polar surface area (TPSA) is 98.1 Å². The van der Waals surface area contributed by atoms with Gasteiger partial charge >= 0.3 is 0 Å². The van der Waals surface area contributed by atoms with Gasteiger partial charge in [0.2, 0.25) is 0 Å². The normalized spacial score (nSPS) is 16.9. The Morgan fingerprint density at radius 3 is 2.11 bits per heavy atom. The molecule has 110 valence electrons. The Balaban J connectivity index is 4.42. The molecule has 0 aliphatic carbocycles. The van der Waals surface area contributed by atoms with E-state index < -0.39 is 39.9 Å². The molecule has 9 heteroatoms. The quantitative estimate of drug-likeness (QED) is 0.539. The SMILES string of the molecule is CC(C)(CCS(=O)(=O)CC(O)C(O)CO)N(Cl)Cl. The molecule has 6 nitrogen and oxygen atoms in total. The van der Waals surface area contributed by atoms with Gasteiger partial charge in [0.05, 0.1) is 24.2 Å². The predicted molar refractivity (Wildman–Crippen MR) is 70.0 cm³/mol. The number of hydrogen-bond donors (Lipinski definition) is 3. The number of aliphatic hydroxyl groups excluding tert-OH is 3. The van der Waals surface area contributed by atoms with E-state index in [4.69, 9.17) is 33.8 Å². The highest BCUT2D eigenvalue weighted by Crippen LogP contribution is 2.24. The second kappa shape index (κ2) is 7.23. The maximum atomic E-state index is 11.7. The fourth-order valence-corrected chi connectivity index (χ4v) is 2.95. The maximum Gasteiger partial charge on any atom is 0.153 e. The van der Waals surface area contributed by atoms with Gasteiger partial charge in [-0.2, -0.15) is 0 Å². The van der Waals surface area contributed by atoms with Crippen LogP contribution >= 0.6 is 23.6 Å². The number of rotatable bonds is 8. The summed E-state index contributed by atoms with van der Waals surface area (Å²) in [4.78, 5) is 0. The van der Waals surface area contributed by atoms with Crippen LogP contribution in [0.1, 0.15) is 20.3 Å². The highest BCUT2D eigenvalue weighted by atomic mass is 35.5. The van der Waals surface area contributed by atoms with Gasteiger partial charge in [-0.15, -0.1) is 3.94 Å². The van der Waals surface area contributed by atoms with E-state index in [-0.39, 0.29) is 12.2 Å². The van der Waals surface area contributed by atoms with Crippen molar-refractivity contribution in [3.63, 3.8) is 0 Å². The number of nitrogens with zero attached hydrogens (tertiary/aromatic N) is 1. The Morgan fingerprint density at radius 1 is 1.22 bits per heavy atom. The standard InChI is InChI=1S/C9H19Cl2NO5S/c1-9(2,12(10)11)3-4-18(16,17)6-8(15)7(14)5-13/h7-8,13-15H,3-6H2,1-2H3. The van der Waals surface area contributed by atoms with Gasteiger partial charge in [-0.05, 0) is 43.8 Å². The van der Waals surface area contributed by atoms with Crippen LogP contribution in [0, 0.1) is 0 Å². The molecule has 0 aromatic heterocycles. The summed E-state index contributed by atoms with van der Waals surface area (Å²) in [5.74, 6) is -0.847. The molecule has 0 aromatic carbocycles. The van der Waals surface area contributed by atoms with E-state index in [1.54, 1.807) is 13.8 Å². The van der Waals surface area contributed by atoms with Crippen LogP contribution in [-0.2, 0) is 9.84 Å². The number of aliphatic hydroxyl groups is 3. The van der Waals surface area contributed by atoms with E-state index in [0.717, 1.165) is 3.94 Å². The molecule has 0 spiro atoms. The lowest BCUT2D eigenvalue weighted by Crippen LogP contribution is -2.38. The summed E-state index contributed by atoms with van der Waals surface area (Å²) in [6.45, 7) is 2.64. The molecular weight excluding hydrogens is 305 g/mol. The van der Waals surface area contributed by atoms with E-state index in [1.165, 1.54) is 0 Å². The zero-order valence-electron chi connectivity index (χ0n) is 10.3. The summed E-state index contributed by atoms with van der Waals surface area (Å²) < 4.78 is 24.2. The monoisotopic (exact) mass is 323 g/mol. The number of sulfone groups is 1. The lowest BCUT2D eigenvalue weighted by Gasteiger charge is -2.27. The van der Waals surface area contributed by atoms with Crippen LogP contribution in [0.3, 0.4) is 0 Å². The highest BCUT2D eigenvalue weighted by Gasteiger charge is 2.29. The molecule has 0 amide bonds. The van der Waals surface area contributed by atoms with Crippen LogP contribution in [0.15, 0.2) is 0 Å². The molecule has 0 radical (unpaired) electrons. The van der Waals surface area contributed by atoms with E-state index in [2.05, 4.69) is 0 Å². The van der Waals surface area contributed by atoms with E-state index in [1.807, 2.05) is 0 Å². The van der Waals surface area contributed by atoms with Crippen molar-refractivity contribution in [3.05, 3.63) is 0 Å². The third kappa shape index (κ3) is 6.51. The van der Waals surface area contributed by atoms with Gasteiger partial charge in [0.25, 0.3) is 0 Å². The summed E-state index contributed by atoms with van der Waals surface area (Å²) >= 11 is 11.1. The van der Waals surface area contributed by atoms with Crippen molar-refractivity contribution in [2.75, 3.05) is 18.1 Å². The molecule has 0 fully saturated rings. The molecule has 0 heterocycles. The number of hydrogen-bond acceptors (Lipinski definition) is 6. The summed E-state index contributed by atoms with van der Waals surface area (Å²) in [5, 5.41) is 27.0. The molecular formula is C9H19Cl2NO5S. The second-order valence-corrected chi connectivity index (χ2v) is 7.80. The molecule has 0 aromatic rings. The zero-order chi connectivity index (χ0) is 14.6. The third-order valence-corrected chi connectivity index (χ3v) is 5.13. The van der Waals surface area contributed by atoms with Gasteiger partial charge in [-0.1, -0.05) is 0 Å². The molecule has 3 N–H and O–H groups in total. The molecule has 0 aliphatic heterocycles. The fourth-order valence-electron chi connectivity index (χ4n) is 1.07. The third-order valence-electron chi connectivity index (χ3n) is 2.54. The summed E-state index contributed by atoms with van der Waals surface area (Å²) in [6, 6.07) is 0. The Kier molecular flexibility index (Phi) is 7.38. The van der Waals surface area contributed by atoms with Gasteiger partial charge in [0.1, 0.15) is 6.10 Å². The Bertz CT molecular complexity index is 347. The van der Waals surface area contributed by atoms with E-state index in [9.17, 15) is 13.5 Å². The molecule has 0 aliphatic rings. The Hall–Kier alpha value is 0.370. The first kappa shape index (κ1) is 18.4. The van der Waals surface area contributed by atoms with Crippen LogP contribution < -0.4 is 0 Å². The van der Waals surface area contributed by atoms with E-state index >= 15 is 0 Å². The van der Waals surface area contributed by atoms with Crippen LogP contribution in [0.2, 0.25) is 0 Å². The number of halogens is 2. The van der Waals surface area contributed by atoms with Crippen LogP contribution in [0.4, 0.5) is 0 Å². The molecule has 0 saturated carbocycles. The predicted octanol–water partition coefficient (Wildman–Crippen LogP) is -0.106. The average molecular weight is 324 g/mol. The van der Waals surface area contributed by atoms with Gasteiger partial charge < -0.3 is 15.3 Å². The second-order valence-electron chi connectivity index (χ2n) is 4.73. The molecule has 0 saturated heterocycles. The first-order valence-corrected chi connectivity index (χ1v) is 7.81. The van der Waals surface area contributed by atoms with Crippen molar-refractivity contribution in [1.29, 1.82) is 0 Å². The van der Waals surface area contributed by atoms with Crippen molar-refractivity contribution < 1.29 is 23.7 Å². The lowest BCUT2D eigenvalue weighted by molar-refractivity contribution is -0.00266. The lowest BCUT2D eigenvalue weighted by atomic mass is 10.0.